The van der Waals surface area contributed by atoms with Crippen LogP contribution in [0.1, 0.15) is 78.8 Å². The number of alkyl halides is 9. The molecule has 21 nitrogen and oxygen atoms in total. The lowest BCUT2D eigenvalue weighted by atomic mass is 10.1. The average molecular weight is 1220 g/mol. The number of methoxy groups -OCH3 is 6. The second-order valence-corrected chi connectivity index (χ2v) is 16.5. The van der Waals surface area contributed by atoms with Gasteiger partial charge in [0, 0.05) is 24.2 Å². The van der Waals surface area contributed by atoms with E-state index in [9.17, 15) is 81.3 Å². The maximum absolute atomic E-state index is 13.2. The summed E-state index contributed by atoms with van der Waals surface area (Å²) in [5.41, 5.74) is -5.14. The van der Waals surface area contributed by atoms with E-state index >= 15 is 0 Å². The Morgan fingerprint density at radius 1 is 0.595 bits per heavy atom. The highest BCUT2D eigenvalue weighted by molar-refractivity contribution is 7.85. The first-order valence-corrected chi connectivity index (χ1v) is 22.2. The zero-order chi connectivity index (χ0) is 59.1. The van der Waals surface area contributed by atoms with Gasteiger partial charge in [-0.05, 0) is 37.3 Å². The number of ether oxygens (including phenoxy) is 6. The molecular weight excluding hydrogens is 1170 g/mol. The van der Waals surface area contributed by atoms with Crippen LogP contribution < -0.4 is 10.5 Å². The molecule has 0 aliphatic carbocycles. The molecule has 1 aromatic carbocycles. The summed E-state index contributed by atoms with van der Waals surface area (Å²) in [6.45, 7) is 1.82. The first kappa shape index (κ1) is 71.1. The Morgan fingerprint density at radius 3 is 1.38 bits per heavy atom. The monoisotopic (exact) mass is 1210 g/mol. The Kier molecular flexibility index (Phi) is 26.7. The number of nitrogen functional groups attached to an aromatic ring is 1. The summed E-state index contributed by atoms with van der Waals surface area (Å²) in [7, 11) is 2.14. The molecule has 0 radical (unpaired) electrons. The van der Waals surface area contributed by atoms with Crippen molar-refractivity contribution in [3.8, 4) is 11.8 Å². The molecule has 5 aromatic heterocycles. The van der Waals surface area contributed by atoms with Crippen molar-refractivity contribution < 1.29 is 114 Å². The number of aromatic nitrogens is 5. The third kappa shape index (κ3) is 20.1. The van der Waals surface area contributed by atoms with E-state index in [4.69, 9.17) is 40.6 Å². The van der Waals surface area contributed by atoms with Crippen molar-refractivity contribution in [1.29, 1.82) is 0 Å². The van der Waals surface area contributed by atoms with Gasteiger partial charge in [0.15, 0.2) is 11.4 Å². The van der Waals surface area contributed by atoms with Gasteiger partial charge in [0.05, 0.1) is 74.2 Å². The minimum absolute atomic E-state index is 0. The highest BCUT2D eigenvalue weighted by atomic mass is 35.5. The first-order chi connectivity index (χ1) is 35.5. The number of fused-ring (bicyclic) bond motifs is 2. The van der Waals surface area contributed by atoms with E-state index in [1.807, 2.05) is 18.8 Å². The Bertz CT molecular complexity index is 3320. The normalized spacial score (nSPS) is 10.7. The number of hydrogen-bond acceptors (Lipinski definition) is 18. The molecule has 0 amide bonds. The van der Waals surface area contributed by atoms with Crippen molar-refractivity contribution in [2.75, 3.05) is 48.5 Å². The van der Waals surface area contributed by atoms with Gasteiger partial charge in [-0.1, -0.05) is 72.0 Å². The highest BCUT2D eigenvalue weighted by Crippen LogP contribution is 2.37. The van der Waals surface area contributed by atoms with E-state index in [1.165, 1.54) is 32.5 Å². The van der Waals surface area contributed by atoms with Gasteiger partial charge >= 0.3 is 54.3 Å². The largest absolute Gasteiger partial charge is 0.744 e. The van der Waals surface area contributed by atoms with Crippen LogP contribution in [0.2, 0.25) is 15.1 Å². The second-order valence-electron chi connectivity index (χ2n) is 13.8. The molecular formula is C45H42Cl3F9N6O15S. The van der Waals surface area contributed by atoms with E-state index in [1.54, 1.807) is 12.1 Å². The van der Waals surface area contributed by atoms with Gasteiger partial charge in [-0.15, -0.1) is 0 Å². The number of esters is 6. The average Bonchev–Trinajstić information content (AvgIpc) is 3.93. The van der Waals surface area contributed by atoms with E-state index in [0.717, 1.165) is 57.1 Å². The molecule has 0 bridgehead atoms. The zero-order valence-electron chi connectivity index (χ0n) is 39.7. The lowest BCUT2D eigenvalue weighted by molar-refractivity contribution is -0.639. The smallest absolute Gasteiger partial charge is 0.422 e. The summed E-state index contributed by atoms with van der Waals surface area (Å²) < 4.78 is 173. The first-order valence-electron chi connectivity index (χ1n) is 19.7. The van der Waals surface area contributed by atoms with Crippen molar-refractivity contribution in [3.05, 3.63) is 127 Å². The quantitative estimate of drug-likeness (QED) is 0.0250. The van der Waals surface area contributed by atoms with Crippen molar-refractivity contribution in [2.24, 2.45) is 0 Å². The molecule has 79 heavy (non-hydrogen) atoms. The molecule has 0 aliphatic heterocycles. The topological polar surface area (TPSA) is 279 Å². The van der Waals surface area contributed by atoms with Crippen LogP contribution in [0.5, 0.6) is 0 Å². The summed E-state index contributed by atoms with van der Waals surface area (Å²) in [6.07, 6.45) is -10.3. The predicted molar refractivity (Wildman–Crippen MR) is 257 cm³/mol. The molecule has 34 heteroatoms. The number of hydrogen-bond donors (Lipinski definition) is 1. The fraction of sp³-hybridized carbons (Fsp3) is 0.267. The lowest BCUT2D eigenvalue weighted by Crippen LogP contribution is -2.44. The highest BCUT2D eigenvalue weighted by Gasteiger charge is 2.39. The molecule has 6 aromatic rings. The molecule has 5 heterocycles. The van der Waals surface area contributed by atoms with Crippen LogP contribution in [-0.4, -0.2) is 111 Å². The van der Waals surface area contributed by atoms with E-state index in [0.29, 0.717) is 27.4 Å². The summed E-state index contributed by atoms with van der Waals surface area (Å²) in [6, 6.07) is 7.86. The fourth-order valence-electron chi connectivity index (χ4n) is 5.35. The van der Waals surface area contributed by atoms with Crippen LogP contribution in [0.25, 0.3) is 11.0 Å². The molecule has 0 spiro atoms. The van der Waals surface area contributed by atoms with Crippen molar-refractivity contribution >= 4 is 91.8 Å². The number of aryl methyl sites for hydroxylation is 1. The van der Waals surface area contributed by atoms with Crippen LogP contribution in [0.3, 0.4) is 0 Å². The number of pyridine rings is 3. The number of halogens is 12. The Hall–Kier alpha value is -7.92. The van der Waals surface area contributed by atoms with Crippen LogP contribution in [0.15, 0.2) is 72.1 Å². The molecule has 0 aliphatic rings. The fourth-order valence-corrected chi connectivity index (χ4v) is 6.55. The predicted octanol–water partition coefficient (Wildman–Crippen LogP) is 8.03. The number of carbonyl (C=O) groups excluding carboxylic acids is 6. The van der Waals surface area contributed by atoms with Gasteiger partial charge in [0.1, 0.15) is 37.3 Å². The van der Waals surface area contributed by atoms with E-state index in [-0.39, 0.29) is 40.9 Å². The Morgan fingerprint density at radius 2 is 1.01 bits per heavy atom. The van der Waals surface area contributed by atoms with E-state index in [2.05, 4.69) is 38.6 Å². The molecule has 2 N–H and O–H groups in total. The molecule has 0 atom stereocenters. The number of rotatable bonds is 5. The Balaban J connectivity index is 0.000000997. The van der Waals surface area contributed by atoms with Crippen molar-refractivity contribution in [3.63, 3.8) is 0 Å². The third-order valence-corrected chi connectivity index (χ3v) is 10.2. The maximum atomic E-state index is 13.2. The van der Waals surface area contributed by atoms with Gasteiger partial charge in [-0.2, -0.15) is 49.7 Å². The van der Waals surface area contributed by atoms with Crippen LogP contribution >= 0.6 is 34.8 Å². The third-order valence-electron chi connectivity index (χ3n) is 8.67. The van der Waals surface area contributed by atoms with Gasteiger partial charge in [0.25, 0.3) is 0 Å². The van der Waals surface area contributed by atoms with Gasteiger partial charge in [-0.25, -0.2) is 52.1 Å². The standard InChI is InChI=1S/2C12H8ClF3N2O4.C7H8O3S.C6H5ClF3N2.C6H6O4.2CH4/c1-21-10(19)7-8(11(20)22-2)17-18-4-5(13)3-6(9(7)18)12(14,15)16;1-21-10(19)7-8(11(20)22-2)17-18-4-5(12(14,15)16)3-6(13)9(7)18;1-6-2-4-7(5-3-6)11(8,9)10;7-5-1-4(6(8,9)10)2-12(11)3-5;1-9-5(7)3-4-6(8)10-2;;/h2*3-4H,1-2H3;2-5H,1H3,(H,8,9,10);1-3H,11H2;1-2H3;2*1H4/q;;;+1;;;/p-1. The number of carbonyl (C=O) groups is 6. The summed E-state index contributed by atoms with van der Waals surface area (Å²) in [5.74, 6) is 3.16. The minimum Gasteiger partial charge on any atom is -0.744 e. The lowest BCUT2D eigenvalue weighted by Gasteiger charge is -2.10. The maximum Gasteiger partial charge on any atom is 0.422 e. The summed E-state index contributed by atoms with van der Waals surface area (Å²) >= 11 is 16.8. The molecule has 0 saturated heterocycles. The van der Waals surface area contributed by atoms with Crippen LogP contribution in [0.4, 0.5) is 39.5 Å². The SMILES string of the molecule is C.C.COC(=O)C#CC(=O)OC.COC(=O)c1nn2cc(C(F)(F)F)cc(Cl)c2c1C(=O)OC.COC(=O)c1nn2cc(Cl)cc(C(F)(F)F)c2c1C(=O)OC.Cc1ccc(S(=O)(=O)[O-])cc1.N[n+]1cc(Cl)cc(C(F)(F)F)c1. The second kappa shape index (κ2) is 29.7. The number of nitrogens with two attached hydrogens (primary N) is 1. The van der Waals surface area contributed by atoms with Crippen molar-refractivity contribution in [1.82, 2.24) is 19.2 Å². The minimum atomic E-state index is -4.82. The van der Waals surface area contributed by atoms with Gasteiger partial charge in [0.2, 0.25) is 12.4 Å². The van der Waals surface area contributed by atoms with Crippen LogP contribution in [0, 0.1) is 18.8 Å². The number of nitrogens with zero attached hydrogens (tertiary/aromatic N) is 5. The van der Waals surface area contributed by atoms with Crippen molar-refractivity contribution in [2.45, 2.75) is 45.2 Å². The molecule has 0 saturated carbocycles. The Labute approximate surface area is 456 Å². The van der Waals surface area contributed by atoms with Gasteiger partial charge in [-0.3, -0.25) is 0 Å². The number of benzene rings is 1. The molecule has 0 fully saturated rings. The molecule has 6 rings (SSSR count). The zero-order valence-corrected chi connectivity index (χ0v) is 42.8. The van der Waals surface area contributed by atoms with Crippen LogP contribution in [-0.2, 0) is 66.7 Å². The molecule has 432 valence electrons. The summed E-state index contributed by atoms with van der Waals surface area (Å²) in [4.78, 5) is 67.2. The van der Waals surface area contributed by atoms with Gasteiger partial charge < -0.3 is 33.0 Å². The van der Waals surface area contributed by atoms with E-state index < -0.39 is 109 Å². The summed E-state index contributed by atoms with van der Waals surface area (Å²) in [5, 5.41) is 6.57. The molecule has 0 unspecified atom stereocenters.